The first-order valence-corrected chi connectivity index (χ1v) is 12.2. The number of nitrogens with one attached hydrogen (secondary N) is 1. The van der Waals surface area contributed by atoms with Crippen LogP contribution < -0.4 is 5.32 Å². The molecule has 0 fully saturated rings. The lowest BCUT2D eigenvalue weighted by molar-refractivity contribution is 0.102. The van der Waals surface area contributed by atoms with E-state index in [1.54, 1.807) is 12.1 Å². The number of hydrogen-bond donors (Lipinski definition) is 1. The zero-order valence-corrected chi connectivity index (χ0v) is 20.7. The Balaban J connectivity index is 1.52. The number of thiazole rings is 1. The lowest BCUT2D eigenvalue weighted by atomic mass is 9.99. The molecule has 0 radical (unpaired) electrons. The first-order valence-electron chi connectivity index (χ1n) is 10.6. The Hall–Kier alpha value is -3.25. The summed E-state index contributed by atoms with van der Waals surface area (Å²) in [5.41, 5.74) is 6.79. The number of aryl methyl sites for hydroxylation is 2. The second kappa shape index (κ2) is 9.18. The van der Waals surface area contributed by atoms with E-state index < -0.39 is 0 Å². The number of fused-ring (bicyclic) bond motifs is 1. The van der Waals surface area contributed by atoms with Crippen molar-refractivity contribution in [3.8, 4) is 22.5 Å². The molecule has 168 valence electrons. The van der Waals surface area contributed by atoms with E-state index in [0.717, 1.165) is 33.3 Å². The Labute approximate surface area is 211 Å². The maximum atomic E-state index is 13.4. The molecule has 3 aromatic carbocycles. The van der Waals surface area contributed by atoms with E-state index in [1.165, 1.54) is 16.9 Å². The van der Waals surface area contributed by atoms with Gasteiger partial charge >= 0.3 is 0 Å². The Kier molecular flexibility index (Phi) is 6.09. The lowest BCUT2D eigenvalue weighted by Gasteiger charge is -2.11. The van der Waals surface area contributed by atoms with Crippen molar-refractivity contribution in [2.75, 3.05) is 5.32 Å². The van der Waals surface area contributed by atoms with Crippen molar-refractivity contribution in [3.05, 3.63) is 98.8 Å². The van der Waals surface area contributed by atoms with Gasteiger partial charge in [-0.05, 0) is 49.7 Å². The monoisotopic (exact) mass is 503 g/mol. The van der Waals surface area contributed by atoms with Crippen LogP contribution in [0.15, 0.2) is 72.1 Å². The number of nitrogens with zero attached hydrogens (tertiary/aromatic N) is 2. The predicted octanol–water partition coefficient (Wildman–Crippen LogP) is 8.20. The van der Waals surface area contributed by atoms with Crippen molar-refractivity contribution in [2.45, 2.75) is 13.8 Å². The Morgan fingerprint density at radius 3 is 2.47 bits per heavy atom. The number of benzene rings is 3. The van der Waals surface area contributed by atoms with E-state index in [1.807, 2.05) is 47.8 Å². The molecule has 0 aliphatic heterocycles. The molecule has 0 atom stereocenters. The van der Waals surface area contributed by atoms with Gasteiger partial charge in [-0.25, -0.2) is 9.97 Å². The molecule has 1 amide bonds. The molecule has 0 unspecified atom stereocenters. The van der Waals surface area contributed by atoms with Gasteiger partial charge in [0.15, 0.2) is 5.13 Å². The van der Waals surface area contributed by atoms with Crippen LogP contribution in [0.25, 0.3) is 33.4 Å². The number of aromatic nitrogens is 2. The highest BCUT2D eigenvalue weighted by Gasteiger charge is 2.17. The van der Waals surface area contributed by atoms with Crippen molar-refractivity contribution >= 4 is 56.5 Å². The van der Waals surface area contributed by atoms with Gasteiger partial charge in [0, 0.05) is 26.9 Å². The molecule has 0 aliphatic rings. The molecular weight excluding hydrogens is 485 g/mol. The van der Waals surface area contributed by atoms with Crippen molar-refractivity contribution in [1.82, 2.24) is 9.97 Å². The summed E-state index contributed by atoms with van der Waals surface area (Å²) in [6, 6.07) is 21.0. The molecule has 2 aromatic heterocycles. The first kappa shape index (κ1) is 22.5. The van der Waals surface area contributed by atoms with Crippen molar-refractivity contribution < 1.29 is 4.79 Å². The first-order chi connectivity index (χ1) is 16.4. The van der Waals surface area contributed by atoms with Gasteiger partial charge in [0.2, 0.25) is 0 Å². The van der Waals surface area contributed by atoms with Crippen LogP contribution >= 0.6 is 34.5 Å². The van der Waals surface area contributed by atoms with Crippen LogP contribution in [0, 0.1) is 13.8 Å². The lowest BCUT2D eigenvalue weighted by Crippen LogP contribution is -2.13. The second-order valence-electron chi connectivity index (χ2n) is 8.01. The topological polar surface area (TPSA) is 54.9 Å². The summed E-state index contributed by atoms with van der Waals surface area (Å²) < 4.78 is 0. The molecule has 2 heterocycles. The Bertz CT molecular complexity index is 1560. The number of anilines is 1. The highest BCUT2D eigenvalue weighted by molar-refractivity contribution is 7.14. The third-order valence-corrected chi connectivity index (χ3v) is 6.86. The van der Waals surface area contributed by atoms with Gasteiger partial charge in [0.1, 0.15) is 0 Å². The fraction of sp³-hybridized carbons (Fsp3) is 0.0741. The summed E-state index contributed by atoms with van der Waals surface area (Å²) in [7, 11) is 0. The molecule has 0 saturated carbocycles. The van der Waals surface area contributed by atoms with Crippen LogP contribution in [-0.4, -0.2) is 15.9 Å². The summed E-state index contributed by atoms with van der Waals surface area (Å²) >= 11 is 13.7. The molecule has 0 saturated heterocycles. The molecule has 5 aromatic rings. The molecule has 4 nitrogen and oxygen atoms in total. The summed E-state index contributed by atoms with van der Waals surface area (Å²) in [6.07, 6.45) is 0. The van der Waals surface area contributed by atoms with Crippen LogP contribution in [0.4, 0.5) is 5.13 Å². The highest BCUT2D eigenvalue weighted by atomic mass is 35.5. The highest BCUT2D eigenvalue weighted by Crippen LogP contribution is 2.33. The largest absolute Gasteiger partial charge is 0.298 e. The molecular formula is C27H19Cl2N3OS. The SMILES string of the molecule is Cc1ccc(-c2cc(C(=O)Nc3nc(-c4ccc(Cl)cc4Cl)cs3)c3ccccc3n2)c(C)c1. The quantitative estimate of drug-likeness (QED) is 0.268. The summed E-state index contributed by atoms with van der Waals surface area (Å²) in [5, 5.41) is 7.14. The van der Waals surface area contributed by atoms with Crippen LogP contribution in [-0.2, 0) is 0 Å². The van der Waals surface area contributed by atoms with Gasteiger partial charge in [-0.3, -0.25) is 10.1 Å². The van der Waals surface area contributed by atoms with Gasteiger partial charge in [0.05, 0.1) is 27.5 Å². The standard InChI is InChI=1S/C27H19Cl2N3OS/c1-15-7-9-18(16(2)11-15)24-13-21(19-5-3-4-6-23(19)30-24)26(33)32-27-31-25(14-34-27)20-10-8-17(28)12-22(20)29/h3-14H,1-2H3,(H,31,32,33). The molecule has 7 heteroatoms. The third-order valence-electron chi connectivity index (χ3n) is 5.55. The smallest absolute Gasteiger partial charge is 0.258 e. The molecule has 5 rings (SSSR count). The van der Waals surface area contributed by atoms with Crippen LogP contribution in [0.2, 0.25) is 10.0 Å². The van der Waals surface area contributed by atoms with Crippen LogP contribution in [0.3, 0.4) is 0 Å². The van der Waals surface area contributed by atoms with Gasteiger partial charge in [0.25, 0.3) is 5.91 Å². The number of para-hydroxylation sites is 1. The van der Waals surface area contributed by atoms with Gasteiger partial charge in [-0.2, -0.15) is 0 Å². The van der Waals surface area contributed by atoms with E-state index >= 15 is 0 Å². The average Bonchev–Trinajstić information content (AvgIpc) is 3.26. The van der Waals surface area contributed by atoms with Crippen molar-refractivity contribution in [1.29, 1.82) is 0 Å². The van der Waals surface area contributed by atoms with Gasteiger partial charge in [-0.15, -0.1) is 11.3 Å². The summed E-state index contributed by atoms with van der Waals surface area (Å²) in [5.74, 6) is -0.243. The van der Waals surface area contributed by atoms with Crippen LogP contribution in [0.1, 0.15) is 21.5 Å². The predicted molar refractivity (Wildman–Crippen MR) is 142 cm³/mol. The number of carbonyl (C=O) groups is 1. The number of hydrogen-bond acceptors (Lipinski definition) is 4. The number of carbonyl (C=O) groups excluding carboxylic acids is 1. The van der Waals surface area contributed by atoms with E-state index in [2.05, 4.69) is 36.3 Å². The Morgan fingerprint density at radius 1 is 0.882 bits per heavy atom. The fourth-order valence-electron chi connectivity index (χ4n) is 3.92. The molecule has 0 spiro atoms. The third kappa shape index (κ3) is 4.42. The maximum Gasteiger partial charge on any atom is 0.258 e. The van der Waals surface area contributed by atoms with Crippen LogP contribution in [0.5, 0.6) is 0 Å². The minimum absolute atomic E-state index is 0.243. The molecule has 0 aliphatic carbocycles. The zero-order valence-electron chi connectivity index (χ0n) is 18.4. The number of amides is 1. The second-order valence-corrected chi connectivity index (χ2v) is 9.71. The number of halogens is 2. The normalized spacial score (nSPS) is 11.1. The average molecular weight is 504 g/mol. The van der Waals surface area contributed by atoms with Gasteiger partial charge in [-0.1, -0.05) is 65.2 Å². The van der Waals surface area contributed by atoms with E-state index in [4.69, 9.17) is 28.2 Å². The molecule has 0 bridgehead atoms. The van der Waals surface area contributed by atoms with Gasteiger partial charge < -0.3 is 0 Å². The van der Waals surface area contributed by atoms with E-state index in [-0.39, 0.29) is 5.91 Å². The number of pyridine rings is 1. The Morgan fingerprint density at radius 2 is 1.68 bits per heavy atom. The molecule has 1 N–H and O–H groups in total. The van der Waals surface area contributed by atoms with E-state index in [9.17, 15) is 4.79 Å². The van der Waals surface area contributed by atoms with Crippen molar-refractivity contribution in [2.24, 2.45) is 0 Å². The van der Waals surface area contributed by atoms with E-state index in [0.29, 0.717) is 26.4 Å². The number of rotatable bonds is 4. The zero-order chi connectivity index (χ0) is 23.8. The molecule has 34 heavy (non-hydrogen) atoms. The summed E-state index contributed by atoms with van der Waals surface area (Å²) in [4.78, 5) is 22.8. The summed E-state index contributed by atoms with van der Waals surface area (Å²) in [6.45, 7) is 4.11. The maximum absolute atomic E-state index is 13.4. The van der Waals surface area contributed by atoms with Crippen molar-refractivity contribution in [3.63, 3.8) is 0 Å². The minimum atomic E-state index is -0.243. The minimum Gasteiger partial charge on any atom is -0.298 e. The fourth-order valence-corrected chi connectivity index (χ4v) is 5.13.